The van der Waals surface area contributed by atoms with Crippen LogP contribution in [0.15, 0.2) is 24.3 Å². The van der Waals surface area contributed by atoms with Crippen molar-refractivity contribution in [3.63, 3.8) is 0 Å². The molecule has 0 saturated carbocycles. The van der Waals surface area contributed by atoms with Crippen LogP contribution in [0.4, 0.5) is 5.69 Å². The normalized spacial score (nSPS) is 22.3. The molecule has 1 aliphatic rings. The lowest BCUT2D eigenvalue weighted by Crippen LogP contribution is -2.50. The molecule has 1 aromatic rings. The van der Waals surface area contributed by atoms with Crippen molar-refractivity contribution in [3.8, 4) is 5.75 Å². The summed E-state index contributed by atoms with van der Waals surface area (Å²) >= 11 is 0. The van der Waals surface area contributed by atoms with Crippen LogP contribution in [-0.2, 0) is 0 Å². The maximum absolute atomic E-state index is 5.72. The zero-order valence-electron chi connectivity index (χ0n) is 12.4. The number of rotatable bonds is 4. The summed E-state index contributed by atoms with van der Waals surface area (Å²) in [5, 5.41) is 0. The van der Waals surface area contributed by atoms with E-state index in [0.717, 1.165) is 25.3 Å². The fourth-order valence-electron chi connectivity index (χ4n) is 2.99. The van der Waals surface area contributed by atoms with E-state index in [0.29, 0.717) is 5.92 Å². The first-order valence-corrected chi connectivity index (χ1v) is 7.18. The topological polar surface area (TPSA) is 38.5 Å². The predicted octanol–water partition coefficient (Wildman–Crippen LogP) is 3.04. The first-order chi connectivity index (χ1) is 9.06. The second-order valence-corrected chi connectivity index (χ2v) is 6.11. The minimum absolute atomic E-state index is 0.206. The monoisotopic (exact) mass is 262 g/mol. The van der Waals surface area contributed by atoms with Gasteiger partial charge in [0.25, 0.3) is 0 Å². The number of nitrogens with two attached hydrogens (primary N) is 1. The van der Waals surface area contributed by atoms with Crippen molar-refractivity contribution in [3.05, 3.63) is 24.3 Å². The fraction of sp³-hybridized carbons (Fsp3) is 0.625. The molecule has 1 fully saturated rings. The van der Waals surface area contributed by atoms with Gasteiger partial charge in [0.1, 0.15) is 5.75 Å². The van der Waals surface area contributed by atoms with Crippen LogP contribution in [0.3, 0.4) is 0 Å². The summed E-state index contributed by atoms with van der Waals surface area (Å²) < 4.78 is 5.34. The van der Waals surface area contributed by atoms with Crippen LogP contribution in [0, 0.1) is 5.92 Å². The van der Waals surface area contributed by atoms with Crippen molar-refractivity contribution in [2.45, 2.75) is 38.6 Å². The highest BCUT2D eigenvalue weighted by Crippen LogP contribution is 2.36. The van der Waals surface area contributed by atoms with Gasteiger partial charge in [-0.3, -0.25) is 0 Å². The molecule has 0 aliphatic carbocycles. The average Bonchev–Trinajstić information content (AvgIpc) is 2.41. The Morgan fingerprint density at radius 2 is 2.21 bits per heavy atom. The Kier molecular flexibility index (Phi) is 4.35. The largest absolute Gasteiger partial charge is 0.497 e. The minimum atomic E-state index is 0.206. The SMILES string of the molecule is COc1cccc(N2CC(CCN)CCC2(C)C)c1. The van der Waals surface area contributed by atoms with Crippen molar-refractivity contribution < 1.29 is 4.74 Å². The highest BCUT2D eigenvalue weighted by Gasteiger charge is 2.34. The fourth-order valence-corrected chi connectivity index (χ4v) is 2.99. The van der Waals surface area contributed by atoms with Gasteiger partial charge < -0.3 is 15.4 Å². The number of anilines is 1. The smallest absolute Gasteiger partial charge is 0.120 e. The molecular weight excluding hydrogens is 236 g/mol. The van der Waals surface area contributed by atoms with E-state index in [-0.39, 0.29) is 5.54 Å². The summed E-state index contributed by atoms with van der Waals surface area (Å²) in [5.41, 5.74) is 7.18. The molecule has 19 heavy (non-hydrogen) atoms. The number of piperidine rings is 1. The van der Waals surface area contributed by atoms with Gasteiger partial charge in [-0.05, 0) is 57.7 Å². The Hall–Kier alpha value is -1.22. The molecule has 1 heterocycles. The summed E-state index contributed by atoms with van der Waals surface area (Å²) in [4.78, 5) is 2.51. The summed E-state index contributed by atoms with van der Waals surface area (Å²) in [6.45, 7) is 6.53. The minimum Gasteiger partial charge on any atom is -0.497 e. The Morgan fingerprint density at radius 1 is 1.42 bits per heavy atom. The summed E-state index contributed by atoms with van der Waals surface area (Å²) in [5.74, 6) is 1.64. The maximum atomic E-state index is 5.72. The molecule has 3 nitrogen and oxygen atoms in total. The van der Waals surface area contributed by atoms with Crippen molar-refractivity contribution in [1.29, 1.82) is 0 Å². The highest BCUT2D eigenvalue weighted by atomic mass is 16.5. The molecule has 1 atom stereocenters. The Bertz CT molecular complexity index is 417. The number of hydrogen-bond acceptors (Lipinski definition) is 3. The maximum Gasteiger partial charge on any atom is 0.120 e. The van der Waals surface area contributed by atoms with Crippen molar-refractivity contribution in [2.24, 2.45) is 11.7 Å². The van der Waals surface area contributed by atoms with Crippen molar-refractivity contribution >= 4 is 5.69 Å². The predicted molar refractivity (Wildman–Crippen MR) is 80.8 cm³/mol. The van der Waals surface area contributed by atoms with Crippen LogP contribution in [0.25, 0.3) is 0 Å². The van der Waals surface area contributed by atoms with E-state index in [1.165, 1.54) is 18.5 Å². The number of hydrogen-bond donors (Lipinski definition) is 1. The molecule has 1 aromatic carbocycles. The van der Waals surface area contributed by atoms with E-state index in [1.807, 2.05) is 6.07 Å². The second kappa shape index (κ2) is 5.83. The molecule has 0 radical (unpaired) electrons. The van der Waals surface area contributed by atoms with E-state index >= 15 is 0 Å². The van der Waals surface area contributed by atoms with E-state index < -0.39 is 0 Å². The third-order valence-electron chi connectivity index (χ3n) is 4.28. The van der Waals surface area contributed by atoms with Gasteiger partial charge in [-0.25, -0.2) is 0 Å². The first kappa shape index (κ1) is 14.2. The third kappa shape index (κ3) is 3.21. The van der Waals surface area contributed by atoms with Crippen molar-refractivity contribution in [2.75, 3.05) is 25.1 Å². The summed E-state index contributed by atoms with van der Waals surface area (Å²) in [6.07, 6.45) is 3.62. The van der Waals surface area contributed by atoms with Crippen LogP contribution in [0.2, 0.25) is 0 Å². The van der Waals surface area contributed by atoms with Crippen LogP contribution in [0.1, 0.15) is 33.1 Å². The summed E-state index contributed by atoms with van der Waals surface area (Å²) in [7, 11) is 1.72. The molecule has 0 amide bonds. The second-order valence-electron chi connectivity index (χ2n) is 6.11. The lowest BCUT2D eigenvalue weighted by Gasteiger charge is -2.47. The molecule has 1 unspecified atom stereocenters. The molecule has 2 N–H and O–H groups in total. The van der Waals surface area contributed by atoms with E-state index in [1.54, 1.807) is 7.11 Å². The molecular formula is C16H26N2O. The van der Waals surface area contributed by atoms with Crippen LogP contribution in [0.5, 0.6) is 5.75 Å². The van der Waals surface area contributed by atoms with E-state index in [4.69, 9.17) is 10.5 Å². The van der Waals surface area contributed by atoms with Crippen LogP contribution in [-0.4, -0.2) is 25.7 Å². The van der Waals surface area contributed by atoms with Gasteiger partial charge in [-0.1, -0.05) is 6.07 Å². The standard InChI is InChI=1S/C16H26N2O/c1-16(2)9-7-13(8-10-17)12-18(16)14-5-4-6-15(11-14)19-3/h4-6,11,13H,7-10,12,17H2,1-3H3. The van der Waals surface area contributed by atoms with E-state index in [2.05, 4.69) is 36.9 Å². The Morgan fingerprint density at radius 3 is 2.89 bits per heavy atom. The molecule has 0 spiro atoms. The van der Waals surface area contributed by atoms with Gasteiger partial charge in [0, 0.05) is 23.8 Å². The number of ether oxygens (including phenoxy) is 1. The Balaban J connectivity index is 2.22. The molecule has 2 rings (SSSR count). The lowest BCUT2D eigenvalue weighted by atomic mass is 9.83. The number of nitrogens with zero attached hydrogens (tertiary/aromatic N) is 1. The molecule has 1 saturated heterocycles. The lowest BCUT2D eigenvalue weighted by molar-refractivity contribution is 0.282. The summed E-state index contributed by atoms with van der Waals surface area (Å²) in [6, 6.07) is 8.37. The van der Waals surface area contributed by atoms with Gasteiger partial charge in [0.05, 0.1) is 7.11 Å². The van der Waals surface area contributed by atoms with Gasteiger partial charge in [-0.15, -0.1) is 0 Å². The van der Waals surface area contributed by atoms with Gasteiger partial charge in [0.15, 0.2) is 0 Å². The molecule has 1 aliphatic heterocycles. The highest BCUT2D eigenvalue weighted by molar-refractivity contribution is 5.53. The van der Waals surface area contributed by atoms with Crippen LogP contribution >= 0.6 is 0 Å². The molecule has 106 valence electrons. The third-order valence-corrected chi connectivity index (χ3v) is 4.28. The molecule has 0 bridgehead atoms. The molecule has 0 aromatic heterocycles. The number of methoxy groups -OCH3 is 1. The first-order valence-electron chi connectivity index (χ1n) is 7.18. The Labute approximate surface area is 116 Å². The average molecular weight is 262 g/mol. The molecule has 3 heteroatoms. The van der Waals surface area contributed by atoms with Gasteiger partial charge in [0.2, 0.25) is 0 Å². The van der Waals surface area contributed by atoms with Gasteiger partial charge >= 0.3 is 0 Å². The van der Waals surface area contributed by atoms with Crippen molar-refractivity contribution in [1.82, 2.24) is 0 Å². The zero-order valence-corrected chi connectivity index (χ0v) is 12.4. The number of benzene rings is 1. The van der Waals surface area contributed by atoms with Crippen LogP contribution < -0.4 is 15.4 Å². The quantitative estimate of drug-likeness (QED) is 0.906. The van der Waals surface area contributed by atoms with Gasteiger partial charge in [-0.2, -0.15) is 0 Å². The zero-order chi connectivity index (χ0) is 13.9. The van der Waals surface area contributed by atoms with E-state index in [9.17, 15) is 0 Å².